The van der Waals surface area contributed by atoms with Crippen LogP contribution in [0.5, 0.6) is 5.75 Å². The summed E-state index contributed by atoms with van der Waals surface area (Å²) in [5, 5.41) is 6.95. The predicted octanol–water partition coefficient (Wildman–Crippen LogP) is 4.00. The van der Waals surface area contributed by atoms with E-state index in [0.717, 1.165) is 0 Å². The van der Waals surface area contributed by atoms with E-state index in [1.807, 2.05) is 0 Å². The van der Waals surface area contributed by atoms with Crippen molar-refractivity contribution in [3.05, 3.63) is 76.0 Å². The Morgan fingerprint density at radius 3 is 2.83 bits per heavy atom. The minimum Gasteiger partial charge on any atom is -0.496 e. The highest BCUT2D eigenvalue weighted by molar-refractivity contribution is 6.00. The largest absolute Gasteiger partial charge is 0.496 e. The summed E-state index contributed by atoms with van der Waals surface area (Å²) in [6.45, 7) is 2.98. The first-order valence-electron chi connectivity index (χ1n) is 11.3. The topological polar surface area (TPSA) is 116 Å². The van der Waals surface area contributed by atoms with Crippen molar-refractivity contribution in [2.45, 2.75) is 13.0 Å². The number of hydrogen-bond acceptors (Lipinski definition) is 9. The molecule has 1 saturated heterocycles. The van der Waals surface area contributed by atoms with E-state index < -0.39 is 17.5 Å². The Bertz CT molecular complexity index is 1510. The fraction of sp³-hybridized carbons (Fsp3) is 0.231. The highest BCUT2D eigenvalue weighted by atomic mass is 19.1. The van der Waals surface area contributed by atoms with Crippen molar-refractivity contribution in [2.75, 3.05) is 32.1 Å². The first-order chi connectivity index (χ1) is 17.4. The quantitative estimate of drug-likeness (QED) is 0.306. The molecule has 4 aromatic rings. The van der Waals surface area contributed by atoms with Crippen LogP contribution in [0.2, 0.25) is 0 Å². The molecule has 0 saturated carbocycles. The second kappa shape index (κ2) is 9.84. The molecule has 36 heavy (non-hydrogen) atoms. The van der Waals surface area contributed by atoms with E-state index >= 15 is 0 Å². The fourth-order valence-electron chi connectivity index (χ4n) is 4.30. The molecule has 0 aliphatic carbocycles. The number of methoxy groups -OCH3 is 1. The predicted molar refractivity (Wildman–Crippen MR) is 131 cm³/mol. The molecule has 0 amide bonds. The normalized spacial score (nSPS) is 15.6. The lowest BCUT2D eigenvalue weighted by atomic mass is 9.96. The molecule has 1 fully saturated rings. The molecule has 10 heteroatoms. The van der Waals surface area contributed by atoms with Crippen molar-refractivity contribution < 1.29 is 23.1 Å². The van der Waals surface area contributed by atoms with Crippen LogP contribution in [-0.4, -0.2) is 42.6 Å². The average molecular weight is 490 g/mol. The van der Waals surface area contributed by atoms with Gasteiger partial charge in [0, 0.05) is 53.6 Å². The van der Waals surface area contributed by atoms with Crippen LogP contribution in [0, 0.1) is 5.82 Å². The van der Waals surface area contributed by atoms with Gasteiger partial charge in [-0.25, -0.2) is 19.2 Å². The minimum atomic E-state index is -0.710. The van der Waals surface area contributed by atoms with Crippen LogP contribution in [0.1, 0.15) is 28.9 Å². The molecule has 3 heterocycles. The number of aromatic nitrogens is 2. The number of ketones is 1. The van der Waals surface area contributed by atoms with E-state index in [9.17, 15) is 14.0 Å². The van der Waals surface area contributed by atoms with Crippen LogP contribution >= 0.6 is 0 Å². The number of rotatable bonds is 6. The maximum absolute atomic E-state index is 13.6. The zero-order chi connectivity index (χ0) is 25.2. The fourth-order valence-corrected chi connectivity index (χ4v) is 4.30. The standard InChI is InChI=1S/C26H23FN4O5/c1-14(32)23-24(22-13-28-9-10-35-22)18-6-4-16(12-21(18)36-25(23)33)30-26-29-8-7-19(31-26)17-5-3-15(27)11-20(17)34-2/h3-8,11-12,22,28H,9-10,13H2,1-2H3,(H,29,30,31). The summed E-state index contributed by atoms with van der Waals surface area (Å²) in [6, 6.07) is 11.1. The monoisotopic (exact) mass is 490 g/mol. The van der Waals surface area contributed by atoms with E-state index in [-0.39, 0.29) is 17.3 Å². The molecule has 1 aliphatic rings. The van der Waals surface area contributed by atoms with E-state index in [2.05, 4.69) is 20.6 Å². The number of fused-ring (bicyclic) bond motifs is 1. The molecule has 2 N–H and O–H groups in total. The van der Waals surface area contributed by atoms with Crippen LogP contribution in [-0.2, 0) is 4.74 Å². The minimum absolute atomic E-state index is 0.00110. The Morgan fingerprint density at radius 2 is 2.08 bits per heavy atom. The number of nitrogens with zero attached hydrogens (tertiary/aromatic N) is 2. The highest BCUT2D eigenvalue weighted by Crippen LogP contribution is 2.32. The summed E-state index contributed by atoms with van der Waals surface area (Å²) in [5.41, 5.74) is 1.82. The molecule has 0 spiro atoms. The Labute approximate surface area is 205 Å². The number of anilines is 2. The summed E-state index contributed by atoms with van der Waals surface area (Å²) in [5.74, 6) is -0.165. The average Bonchev–Trinajstić information content (AvgIpc) is 2.88. The molecular weight excluding hydrogens is 467 g/mol. The third-order valence-electron chi connectivity index (χ3n) is 5.90. The van der Waals surface area contributed by atoms with E-state index in [4.69, 9.17) is 13.9 Å². The Balaban J connectivity index is 1.52. The van der Waals surface area contributed by atoms with Gasteiger partial charge in [-0.15, -0.1) is 0 Å². The van der Waals surface area contributed by atoms with Gasteiger partial charge in [0.15, 0.2) is 5.78 Å². The van der Waals surface area contributed by atoms with Gasteiger partial charge in [-0.2, -0.15) is 0 Å². The first kappa shape index (κ1) is 23.6. The number of benzene rings is 2. The summed E-state index contributed by atoms with van der Waals surface area (Å²) in [4.78, 5) is 33.8. The smallest absolute Gasteiger partial charge is 0.347 e. The molecule has 1 atom stereocenters. The van der Waals surface area contributed by atoms with E-state index in [0.29, 0.717) is 58.9 Å². The number of hydrogen-bond donors (Lipinski definition) is 2. The molecule has 184 valence electrons. The third-order valence-corrected chi connectivity index (χ3v) is 5.90. The van der Waals surface area contributed by atoms with Gasteiger partial charge >= 0.3 is 5.63 Å². The molecule has 0 radical (unpaired) electrons. The SMILES string of the molecule is COc1cc(F)ccc1-c1ccnc(Nc2ccc3c(C4CNCCO4)c(C(C)=O)c(=O)oc3c2)n1. The van der Waals surface area contributed by atoms with E-state index in [1.165, 1.54) is 26.2 Å². The van der Waals surface area contributed by atoms with Crippen LogP contribution in [0.3, 0.4) is 0 Å². The summed E-state index contributed by atoms with van der Waals surface area (Å²) in [6.07, 6.45) is 1.12. The lowest BCUT2D eigenvalue weighted by molar-refractivity contribution is 0.0277. The van der Waals surface area contributed by atoms with Gasteiger partial charge in [-0.3, -0.25) is 4.79 Å². The van der Waals surface area contributed by atoms with Gasteiger partial charge in [0.1, 0.15) is 22.7 Å². The van der Waals surface area contributed by atoms with Gasteiger partial charge < -0.3 is 24.5 Å². The van der Waals surface area contributed by atoms with Crippen molar-refractivity contribution in [3.8, 4) is 17.0 Å². The van der Waals surface area contributed by atoms with Crippen LogP contribution < -0.4 is 21.0 Å². The number of morpholine rings is 1. The van der Waals surface area contributed by atoms with Crippen molar-refractivity contribution in [3.63, 3.8) is 0 Å². The lowest BCUT2D eigenvalue weighted by Gasteiger charge is -2.26. The summed E-state index contributed by atoms with van der Waals surface area (Å²) in [7, 11) is 1.46. The van der Waals surface area contributed by atoms with Crippen molar-refractivity contribution in [1.29, 1.82) is 0 Å². The third kappa shape index (κ3) is 4.56. The van der Waals surface area contributed by atoms with Crippen LogP contribution in [0.25, 0.3) is 22.2 Å². The van der Waals surface area contributed by atoms with Gasteiger partial charge in [0.25, 0.3) is 0 Å². The van der Waals surface area contributed by atoms with Gasteiger partial charge in [-0.1, -0.05) is 0 Å². The number of carbonyl (C=O) groups excluding carboxylic acids is 1. The molecular formula is C26H23FN4O5. The zero-order valence-electron chi connectivity index (χ0n) is 19.6. The van der Waals surface area contributed by atoms with E-state index in [1.54, 1.807) is 36.5 Å². The van der Waals surface area contributed by atoms with Crippen molar-refractivity contribution in [1.82, 2.24) is 15.3 Å². The summed E-state index contributed by atoms with van der Waals surface area (Å²) < 4.78 is 30.3. The molecule has 0 bridgehead atoms. The Kier molecular flexibility index (Phi) is 6.45. The van der Waals surface area contributed by atoms with Crippen molar-refractivity contribution in [2.24, 2.45) is 0 Å². The van der Waals surface area contributed by atoms with Crippen molar-refractivity contribution >= 4 is 28.4 Å². The molecule has 5 rings (SSSR count). The summed E-state index contributed by atoms with van der Waals surface area (Å²) >= 11 is 0. The highest BCUT2D eigenvalue weighted by Gasteiger charge is 2.27. The number of nitrogens with one attached hydrogen (secondary N) is 2. The second-order valence-corrected chi connectivity index (χ2v) is 8.24. The number of halogens is 1. The molecule has 1 unspecified atom stereocenters. The second-order valence-electron chi connectivity index (χ2n) is 8.24. The lowest BCUT2D eigenvalue weighted by Crippen LogP contribution is -2.35. The number of Topliss-reactive ketones (excluding diaryl/α,β-unsaturated/α-hetero) is 1. The van der Waals surface area contributed by atoms with Crippen LogP contribution in [0.4, 0.5) is 16.0 Å². The molecule has 2 aromatic carbocycles. The van der Waals surface area contributed by atoms with Gasteiger partial charge in [0.05, 0.1) is 25.5 Å². The Morgan fingerprint density at radius 1 is 1.22 bits per heavy atom. The number of ether oxygens (including phenoxy) is 2. The van der Waals surface area contributed by atoms with Gasteiger partial charge in [-0.05, 0) is 37.3 Å². The maximum Gasteiger partial charge on any atom is 0.347 e. The zero-order valence-corrected chi connectivity index (χ0v) is 19.6. The number of carbonyl (C=O) groups is 1. The molecule has 1 aliphatic heterocycles. The molecule has 2 aromatic heterocycles. The van der Waals surface area contributed by atoms with Crippen LogP contribution in [0.15, 0.2) is 57.9 Å². The first-order valence-corrected chi connectivity index (χ1v) is 11.3. The maximum atomic E-state index is 13.6. The Hall–Kier alpha value is -4.15. The molecule has 9 nitrogen and oxygen atoms in total. The van der Waals surface area contributed by atoms with Gasteiger partial charge in [0.2, 0.25) is 5.95 Å².